The highest BCUT2D eigenvalue weighted by Gasteiger charge is 2.34. The molecule has 1 aliphatic rings. The second kappa shape index (κ2) is 6.78. The zero-order chi connectivity index (χ0) is 18.0. The number of nitrogens with zero attached hydrogens (tertiary/aromatic N) is 1. The quantitative estimate of drug-likeness (QED) is 0.872. The van der Waals surface area contributed by atoms with Gasteiger partial charge < -0.3 is 10.2 Å². The van der Waals surface area contributed by atoms with Crippen LogP contribution in [0, 0.1) is 0 Å². The van der Waals surface area contributed by atoms with Gasteiger partial charge in [0, 0.05) is 19.0 Å². The van der Waals surface area contributed by atoms with Crippen molar-refractivity contribution in [2.24, 2.45) is 0 Å². The van der Waals surface area contributed by atoms with E-state index in [0.29, 0.717) is 12.1 Å². The molecule has 1 aliphatic heterocycles. The molecule has 2 amide bonds. The fraction of sp³-hybridized carbons (Fsp3) is 0.316. The first-order chi connectivity index (χ1) is 11.8. The van der Waals surface area contributed by atoms with Gasteiger partial charge in [-0.25, -0.2) is 4.79 Å². The number of carbonyl (C=O) groups is 1. The van der Waals surface area contributed by atoms with Crippen LogP contribution in [0.2, 0.25) is 0 Å². The van der Waals surface area contributed by atoms with Gasteiger partial charge in [-0.3, -0.25) is 0 Å². The number of benzene rings is 2. The number of rotatable bonds is 4. The minimum absolute atomic E-state index is 0.0688. The maximum absolute atomic E-state index is 12.8. The summed E-state index contributed by atoms with van der Waals surface area (Å²) in [5.41, 5.74) is 0.894. The summed E-state index contributed by atoms with van der Waals surface area (Å²) in [7, 11) is 0. The minimum atomic E-state index is -4.38. The van der Waals surface area contributed by atoms with E-state index in [-0.39, 0.29) is 24.5 Å². The molecule has 1 saturated heterocycles. The van der Waals surface area contributed by atoms with E-state index in [4.69, 9.17) is 0 Å². The molecular weight excluding hydrogens is 329 g/mol. The summed E-state index contributed by atoms with van der Waals surface area (Å²) < 4.78 is 38.5. The summed E-state index contributed by atoms with van der Waals surface area (Å²) in [5.74, 6) is 0.122. The third-order valence-corrected chi connectivity index (χ3v) is 4.57. The molecule has 0 aliphatic carbocycles. The molecule has 6 heteroatoms. The fourth-order valence-electron chi connectivity index (χ4n) is 3.09. The van der Waals surface area contributed by atoms with Gasteiger partial charge in [0.1, 0.15) is 0 Å². The molecule has 3 rings (SSSR count). The molecule has 3 nitrogen and oxygen atoms in total. The van der Waals surface area contributed by atoms with Gasteiger partial charge in [-0.15, -0.1) is 0 Å². The monoisotopic (exact) mass is 348 g/mol. The Balaban J connectivity index is 1.70. The summed E-state index contributed by atoms with van der Waals surface area (Å²) in [4.78, 5) is 13.8. The van der Waals surface area contributed by atoms with Gasteiger partial charge in [0.25, 0.3) is 0 Å². The molecule has 2 atom stereocenters. The fourth-order valence-corrected chi connectivity index (χ4v) is 3.09. The summed E-state index contributed by atoms with van der Waals surface area (Å²) >= 11 is 0. The van der Waals surface area contributed by atoms with Crippen LogP contribution in [0.15, 0.2) is 54.6 Å². The second-order valence-electron chi connectivity index (χ2n) is 6.33. The number of nitrogens with one attached hydrogen (secondary N) is 1. The molecule has 0 saturated carbocycles. The largest absolute Gasteiger partial charge is 0.416 e. The molecule has 1 heterocycles. The molecule has 25 heavy (non-hydrogen) atoms. The van der Waals surface area contributed by atoms with Gasteiger partial charge in [0.15, 0.2) is 0 Å². The van der Waals surface area contributed by atoms with Crippen molar-refractivity contribution >= 4 is 6.03 Å². The zero-order valence-electron chi connectivity index (χ0n) is 13.8. The van der Waals surface area contributed by atoms with Gasteiger partial charge in [0.2, 0.25) is 0 Å². The van der Waals surface area contributed by atoms with Gasteiger partial charge >= 0.3 is 12.2 Å². The van der Waals surface area contributed by atoms with Crippen LogP contribution in [0.1, 0.15) is 29.5 Å². The van der Waals surface area contributed by atoms with E-state index in [0.717, 1.165) is 17.7 Å². The maximum Gasteiger partial charge on any atom is 0.416 e. The molecule has 0 spiro atoms. The Kier molecular flexibility index (Phi) is 4.70. The highest BCUT2D eigenvalue weighted by Crippen LogP contribution is 2.30. The Morgan fingerprint density at radius 2 is 1.88 bits per heavy atom. The van der Waals surface area contributed by atoms with Gasteiger partial charge in [-0.2, -0.15) is 13.2 Å². The van der Waals surface area contributed by atoms with E-state index >= 15 is 0 Å². The summed E-state index contributed by atoms with van der Waals surface area (Å²) in [6, 6.07) is 14.6. The Hall–Kier alpha value is -2.50. The van der Waals surface area contributed by atoms with Crippen molar-refractivity contribution in [3.05, 3.63) is 71.3 Å². The standard InChI is InChI=1S/C19H19F3N2O/c1-13(15-7-3-2-4-8-15)17-12-24(18(25)23-17)11-14-6-5-9-16(10-14)19(20,21)22/h2-10,13,17H,11-12H2,1H3,(H,23,25)/t13-,17?/m0/s1. The number of carbonyl (C=O) groups excluding carboxylic acids is 1. The van der Waals surface area contributed by atoms with E-state index in [1.165, 1.54) is 6.07 Å². The topological polar surface area (TPSA) is 32.3 Å². The van der Waals surface area contributed by atoms with Gasteiger partial charge in [0.05, 0.1) is 11.6 Å². The van der Waals surface area contributed by atoms with E-state index < -0.39 is 11.7 Å². The number of hydrogen-bond acceptors (Lipinski definition) is 1. The summed E-state index contributed by atoms with van der Waals surface area (Å²) in [5, 5.41) is 2.93. The zero-order valence-corrected chi connectivity index (χ0v) is 13.8. The molecule has 0 bridgehead atoms. The second-order valence-corrected chi connectivity index (χ2v) is 6.33. The minimum Gasteiger partial charge on any atom is -0.333 e. The van der Waals surface area contributed by atoms with Crippen molar-refractivity contribution in [3.63, 3.8) is 0 Å². The molecule has 1 unspecified atom stereocenters. The summed E-state index contributed by atoms with van der Waals surface area (Å²) in [6.45, 7) is 2.66. The van der Waals surface area contributed by atoms with E-state index in [1.807, 2.05) is 37.3 Å². The lowest BCUT2D eigenvalue weighted by Crippen LogP contribution is -2.31. The van der Waals surface area contributed by atoms with Gasteiger partial charge in [-0.1, -0.05) is 49.4 Å². The molecule has 2 aromatic carbocycles. The molecule has 0 radical (unpaired) electrons. The Morgan fingerprint density at radius 1 is 1.16 bits per heavy atom. The van der Waals surface area contributed by atoms with Crippen LogP contribution < -0.4 is 5.32 Å². The van der Waals surface area contributed by atoms with Crippen LogP contribution in [0.3, 0.4) is 0 Å². The van der Waals surface area contributed by atoms with Gasteiger partial charge in [-0.05, 0) is 23.3 Å². The molecule has 132 valence electrons. The molecule has 1 fully saturated rings. The molecular formula is C19H19F3N2O. The predicted octanol–water partition coefficient (Wildman–Crippen LogP) is 4.40. The smallest absolute Gasteiger partial charge is 0.333 e. The number of alkyl halides is 3. The van der Waals surface area contributed by atoms with Crippen molar-refractivity contribution in [2.75, 3.05) is 6.54 Å². The lowest BCUT2D eigenvalue weighted by atomic mass is 9.94. The van der Waals surface area contributed by atoms with Crippen LogP contribution in [-0.2, 0) is 12.7 Å². The number of halogens is 3. The lowest BCUT2D eigenvalue weighted by Gasteiger charge is -2.20. The average molecular weight is 348 g/mol. The first-order valence-electron chi connectivity index (χ1n) is 8.11. The highest BCUT2D eigenvalue weighted by atomic mass is 19.4. The van der Waals surface area contributed by atoms with E-state index in [9.17, 15) is 18.0 Å². The number of amides is 2. The number of urea groups is 1. The van der Waals surface area contributed by atoms with Crippen LogP contribution in [-0.4, -0.2) is 23.5 Å². The Morgan fingerprint density at radius 3 is 2.56 bits per heavy atom. The normalized spacial score (nSPS) is 19.0. The Bertz CT molecular complexity index is 746. The molecule has 0 aromatic heterocycles. The maximum atomic E-state index is 12.8. The molecule has 2 aromatic rings. The number of hydrogen-bond donors (Lipinski definition) is 1. The average Bonchev–Trinajstić information content (AvgIpc) is 2.95. The first kappa shape index (κ1) is 17.3. The SMILES string of the molecule is C[C@@H](c1ccccc1)C1CN(Cc2cccc(C(F)(F)F)c2)C(=O)N1. The third kappa shape index (κ3) is 3.95. The van der Waals surface area contributed by atoms with Crippen molar-refractivity contribution in [2.45, 2.75) is 31.6 Å². The van der Waals surface area contributed by atoms with E-state index in [1.54, 1.807) is 11.0 Å². The molecule has 1 N–H and O–H groups in total. The van der Waals surface area contributed by atoms with Crippen LogP contribution >= 0.6 is 0 Å². The van der Waals surface area contributed by atoms with E-state index in [2.05, 4.69) is 5.32 Å². The van der Waals surface area contributed by atoms with Crippen molar-refractivity contribution in [1.29, 1.82) is 0 Å². The third-order valence-electron chi connectivity index (χ3n) is 4.57. The van der Waals surface area contributed by atoms with Crippen molar-refractivity contribution in [1.82, 2.24) is 10.2 Å². The van der Waals surface area contributed by atoms with Crippen LogP contribution in [0.25, 0.3) is 0 Å². The summed E-state index contributed by atoms with van der Waals surface area (Å²) in [6.07, 6.45) is -4.38. The van der Waals surface area contributed by atoms with Crippen molar-refractivity contribution in [3.8, 4) is 0 Å². The Labute approximate surface area is 144 Å². The van der Waals surface area contributed by atoms with Crippen molar-refractivity contribution < 1.29 is 18.0 Å². The van der Waals surface area contributed by atoms with Crippen LogP contribution in [0.4, 0.5) is 18.0 Å². The van der Waals surface area contributed by atoms with Crippen LogP contribution in [0.5, 0.6) is 0 Å². The first-order valence-corrected chi connectivity index (χ1v) is 8.11. The highest BCUT2D eigenvalue weighted by molar-refractivity contribution is 5.77. The predicted molar refractivity (Wildman–Crippen MR) is 89.0 cm³/mol. The lowest BCUT2D eigenvalue weighted by molar-refractivity contribution is -0.137.